The van der Waals surface area contributed by atoms with Gasteiger partial charge in [-0.1, -0.05) is 35.3 Å². The summed E-state index contributed by atoms with van der Waals surface area (Å²) in [5.41, 5.74) is 1.20. The Hall–Kier alpha value is -0.650. The lowest BCUT2D eigenvalue weighted by Crippen LogP contribution is -2.06. The normalized spacial score (nSPS) is 10.4. The van der Waals surface area contributed by atoms with E-state index in [1.807, 2.05) is 24.3 Å². The monoisotopic (exact) mass is 391 g/mol. The maximum Gasteiger partial charge on any atom is 0.187 e. The highest BCUT2D eigenvalue weighted by molar-refractivity contribution is 14.1. The van der Waals surface area contributed by atoms with E-state index < -0.39 is 0 Å². The van der Waals surface area contributed by atoms with Crippen LogP contribution in [0.2, 0.25) is 10.0 Å². The molecule has 0 amide bonds. The van der Waals surface area contributed by atoms with E-state index in [-0.39, 0.29) is 22.9 Å². The Balaban J connectivity index is 2.19. The van der Waals surface area contributed by atoms with Crippen molar-refractivity contribution in [2.45, 2.75) is 6.42 Å². The van der Waals surface area contributed by atoms with Crippen LogP contribution in [0, 0.1) is 3.57 Å². The lowest BCUT2D eigenvalue weighted by Gasteiger charge is -2.03. The van der Waals surface area contributed by atoms with E-state index in [9.17, 15) is 4.79 Å². The topological polar surface area (TPSA) is 30.0 Å². The number of pyridine rings is 1. The second kappa shape index (κ2) is 5.99. The number of halogens is 3. The average Bonchev–Trinajstić information content (AvgIpc) is 2.32. The molecule has 0 bridgehead atoms. The molecule has 2 nitrogen and oxygen atoms in total. The van der Waals surface area contributed by atoms with E-state index in [1.54, 1.807) is 0 Å². The van der Waals surface area contributed by atoms with Gasteiger partial charge in [0.2, 0.25) is 0 Å². The number of hydrogen-bond donors (Lipinski definition) is 0. The average molecular weight is 392 g/mol. The second-order valence-electron chi connectivity index (χ2n) is 3.71. The number of hydrogen-bond acceptors (Lipinski definition) is 2. The number of carbonyl (C=O) groups excluding carboxylic acids is 1. The Morgan fingerprint density at radius 3 is 2.50 bits per heavy atom. The van der Waals surface area contributed by atoms with Crippen LogP contribution in [-0.4, -0.2) is 10.8 Å². The van der Waals surface area contributed by atoms with Gasteiger partial charge in [0.25, 0.3) is 0 Å². The quantitative estimate of drug-likeness (QED) is 0.572. The lowest BCUT2D eigenvalue weighted by atomic mass is 10.1. The van der Waals surface area contributed by atoms with Crippen molar-refractivity contribution in [2.24, 2.45) is 0 Å². The number of carbonyl (C=O) groups is 1. The highest BCUT2D eigenvalue weighted by Crippen LogP contribution is 2.20. The highest BCUT2D eigenvalue weighted by atomic mass is 127. The van der Waals surface area contributed by atoms with Gasteiger partial charge in [-0.3, -0.25) is 4.79 Å². The van der Waals surface area contributed by atoms with Crippen LogP contribution in [0.3, 0.4) is 0 Å². The Kier molecular flexibility index (Phi) is 4.59. The summed E-state index contributed by atoms with van der Waals surface area (Å²) in [4.78, 5) is 16.0. The third kappa shape index (κ3) is 3.43. The molecule has 2 rings (SSSR count). The van der Waals surface area contributed by atoms with Gasteiger partial charge in [-0.2, -0.15) is 0 Å². The number of nitrogens with zero attached hydrogens (tertiary/aromatic N) is 1. The largest absolute Gasteiger partial charge is 0.292 e. The molecule has 2 aromatic rings. The standard InChI is InChI=1S/C13H8Cl2INO/c14-9-6-11(15)13(17-7-9)12(18)5-8-1-3-10(16)4-2-8/h1-4,6-7H,5H2. The van der Waals surface area contributed by atoms with Gasteiger partial charge in [-0.15, -0.1) is 0 Å². The predicted molar refractivity (Wildman–Crippen MR) is 81.5 cm³/mol. The van der Waals surface area contributed by atoms with Gasteiger partial charge in [-0.05, 0) is 46.4 Å². The first kappa shape index (κ1) is 13.8. The Labute approximate surface area is 128 Å². The minimum absolute atomic E-state index is 0.113. The molecule has 0 spiro atoms. The van der Waals surface area contributed by atoms with E-state index in [0.717, 1.165) is 9.13 Å². The van der Waals surface area contributed by atoms with E-state index in [1.165, 1.54) is 12.3 Å². The Bertz CT molecular complexity index is 584. The molecule has 0 atom stereocenters. The van der Waals surface area contributed by atoms with Gasteiger partial charge in [0.05, 0.1) is 10.0 Å². The van der Waals surface area contributed by atoms with Gasteiger partial charge < -0.3 is 0 Å². The molecule has 0 saturated carbocycles. The fraction of sp³-hybridized carbons (Fsp3) is 0.0769. The molecular formula is C13H8Cl2INO. The molecule has 0 aliphatic heterocycles. The molecule has 1 aromatic carbocycles. The van der Waals surface area contributed by atoms with Crippen molar-refractivity contribution in [2.75, 3.05) is 0 Å². The van der Waals surface area contributed by atoms with Gasteiger partial charge in [-0.25, -0.2) is 4.98 Å². The van der Waals surface area contributed by atoms with E-state index in [2.05, 4.69) is 27.6 Å². The maximum atomic E-state index is 12.0. The van der Waals surface area contributed by atoms with Crippen molar-refractivity contribution in [1.82, 2.24) is 4.98 Å². The van der Waals surface area contributed by atoms with Crippen molar-refractivity contribution in [3.8, 4) is 0 Å². The number of rotatable bonds is 3. The van der Waals surface area contributed by atoms with Crippen molar-refractivity contribution in [3.05, 3.63) is 61.4 Å². The molecule has 5 heteroatoms. The third-order valence-corrected chi connectivity index (χ3v) is 3.56. The zero-order valence-corrected chi connectivity index (χ0v) is 12.8. The number of Topliss-reactive ketones (excluding diaryl/α,β-unsaturated/α-hetero) is 1. The first-order valence-electron chi connectivity index (χ1n) is 5.15. The van der Waals surface area contributed by atoms with Crippen LogP contribution in [0.1, 0.15) is 16.1 Å². The molecular weight excluding hydrogens is 384 g/mol. The summed E-state index contributed by atoms with van der Waals surface area (Å²) < 4.78 is 1.13. The maximum absolute atomic E-state index is 12.0. The summed E-state index contributed by atoms with van der Waals surface area (Å²) in [7, 11) is 0. The fourth-order valence-electron chi connectivity index (χ4n) is 1.49. The zero-order valence-electron chi connectivity index (χ0n) is 9.16. The summed E-state index contributed by atoms with van der Waals surface area (Å²) in [5.74, 6) is -0.113. The summed E-state index contributed by atoms with van der Waals surface area (Å²) >= 11 is 13.9. The molecule has 0 radical (unpaired) electrons. The van der Waals surface area contributed by atoms with Gasteiger partial charge >= 0.3 is 0 Å². The number of benzene rings is 1. The minimum Gasteiger partial charge on any atom is -0.292 e. The van der Waals surface area contributed by atoms with Gasteiger partial charge in [0.15, 0.2) is 5.78 Å². The van der Waals surface area contributed by atoms with Crippen molar-refractivity contribution < 1.29 is 4.79 Å². The van der Waals surface area contributed by atoms with Crippen LogP contribution in [0.15, 0.2) is 36.5 Å². The summed E-state index contributed by atoms with van der Waals surface area (Å²) in [6, 6.07) is 9.28. The highest BCUT2D eigenvalue weighted by Gasteiger charge is 2.13. The molecule has 0 aliphatic rings. The number of ketones is 1. The second-order valence-corrected chi connectivity index (χ2v) is 5.80. The summed E-state index contributed by atoms with van der Waals surface area (Å²) in [6.45, 7) is 0. The Morgan fingerprint density at radius 1 is 1.22 bits per heavy atom. The van der Waals surface area contributed by atoms with Crippen molar-refractivity contribution in [1.29, 1.82) is 0 Å². The van der Waals surface area contributed by atoms with Crippen LogP contribution in [0.4, 0.5) is 0 Å². The van der Waals surface area contributed by atoms with Gasteiger partial charge in [0, 0.05) is 16.2 Å². The smallest absolute Gasteiger partial charge is 0.187 e. The van der Waals surface area contributed by atoms with E-state index >= 15 is 0 Å². The summed E-state index contributed by atoms with van der Waals surface area (Å²) in [5, 5.41) is 0.712. The van der Waals surface area contributed by atoms with Crippen LogP contribution in [0.25, 0.3) is 0 Å². The fourth-order valence-corrected chi connectivity index (χ4v) is 2.34. The van der Waals surface area contributed by atoms with Crippen LogP contribution < -0.4 is 0 Å². The van der Waals surface area contributed by atoms with Gasteiger partial charge in [0.1, 0.15) is 5.69 Å². The summed E-state index contributed by atoms with van der Waals surface area (Å²) in [6.07, 6.45) is 1.71. The predicted octanol–water partition coefficient (Wildman–Crippen LogP) is 4.42. The Morgan fingerprint density at radius 2 is 1.89 bits per heavy atom. The van der Waals surface area contributed by atoms with Crippen molar-refractivity contribution >= 4 is 51.6 Å². The molecule has 18 heavy (non-hydrogen) atoms. The van der Waals surface area contributed by atoms with Crippen LogP contribution >= 0.6 is 45.8 Å². The first-order valence-corrected chi connectivity index (χ1v) is 6.98. The molecule has 0 N–H and O–H groups in total. The van der Waals surface area contributed by atoms with Crippen LogP contribution in [-0.2, 0) is 6.42 Å². The molecule has 0 unspecified atom stereocenters. The first-order chi connectivity index (χ1) is 8.56. The molecule has 0 fully saturated rings. The SMILES string of the molecule is O=C(Cc1ccc(I)cc1)c1ncc(Cl)cc1Cl. The van der Waals surface area contributed by atoms with E-state index in [0.29, 0.717) is 5.02 Å². The minimum atomic E-state index is -0.113. The number of aromatic nitrogens is 1. The molecule has 1 heterocycles. The lowest BCUT2D eigenvalue weighted by molar-refractivity contribution is 0.0988. The molecule has 0 aliphatic carbocycles. The van der Waals surface area contributed by atoms with Crippen molar-refractivity contribution in [3.63, 3.8) is 0 Å². The zero-order chi connectivity index (χ0) is 13.1. The third-order valence-electron chi connectivity index (χ3n) is 2.35. The van der Waals surface area contributed by atoms with E-state index in [4.69, 9.17) is 23.2 Å². The molecule has 1 aromatic heterocycles. The van der Waals surface area contributed by atoms with Crippen LogP contribution in [0.5, 0.6) is 0 Å². The molecule has 92 valence electrons. The molecule has 0 saturated heterocycles.